The monoisotopic (exact) mass is 563 g/mol. The second kappa shape index (κ2) is 10.4. The maximum absolute atomic E-state index is 13.8. The predicted octanol–water partition coefficient (Wildman–Crippen LogP) is 1.32. The van der Waals surface area contributed by atoms with E-state index in [1.54, 1.807) is 36.4 Å². The maximum atomic E-state index is 13.8. The van der Waals surface area contributed by atoms with E-state index < -0.39 is 65.6 Å². The molecule has 2 fully saturated rings. The van der Waals surface area contributed by atoms with E-state index in [0.29, 0.717) is 13.7 Å². The molecule has 3 aromatic rings. The number of hydrogen-bond acceptors (Lipinski definition) is 7. The van der Waals surface area contributed by atoms with Crippen LogP contribution >= 0.6 is 11.6 Å². The number of amides is 4. The molecule has 2 aliphatic heterocycles. The van der Waals surface area contributed by atoms with Gasteiger partial charge in [-0.15, -0.1) is 0 Å². The molecule has 0 radical (unpaired) electrons. The second-order valence-corrected chi connectivity index (χ2v) is 9.83. The van der Waals surface area contributed by atoms with Crippen LogP contribution in [0.4, 0.5) is 11.4 Å². The summed E-state index contributed by atoms with van der Waals surface area (Å²) in [6, 6.07) is 12.8. The molecule has 2 aliphatic rings. The van der Waals surface area contributed by atoms with Crippen LogP contribution in [-0.4, -0.2) is 37.3 Å². The first-order valence-corrected chi connectivity index (χ1v) is 12.6. The van der Waals surface area contributed by atoms with Crippen LogP contribution in [0.2, 0.25) is 0 Å². The van der Waals surface area contributed by atoms with Crippen LogP contribution in [-0.2, 0) is 25.7 Å². The molecule has 2 unspecified atom stereocenters. The lowest BCUT2D eigenvalue weighted by molar-refractivity contribution is -0.123. The van der Waals surface area contributed by atoms with Gasteiger partial charge in [0.05, 0.1) is 30.8 Å². The van der Waals surface area contributed by atoms with E-state index in [2.05, 4.69) is 0 Å². The number of rotatable bonds is 6. The van der Waals surface area contributed by atoms with Gasteiger partial charge in [-0.1, -0.05) is 54.1 Å². The number of carbonyl (C=O) groups excluding carboxylic acids is 4. The third-order valence-corrected chi connectivity index (χ3v) is 6.89. The quantitative estimate of drug-likeness (QED) is 0.412. The average Bonchev–Trinajstić information content (AvgIpc) is 3.38. The molecule has 0 N–H and O–H groups in total. The van der Waals surface area contributed by atoms with E-state index in [-0.39, 0.29) is 23.0 Å². The molecular weight excluding hydrogens is 542 g/mol. The van der Waals surface area contributed by atoms with Gasteiger partial charge in [-0.05, 0) is 31.2 Å². The highest BCUT2D eigenvalue weighted by atomic mass is 35.5. The summed E-state index contributed by atoms with van der Waals surface area (Å²) in [7, 11) is 0. The number of benzene rings is 2. The molecule has 204 valence electrons. The first-order valence-electron chi connectivity index (χ1n) is 12.3. The lowest BCUT2D eigenvalue weighted by Gasteiger charge is -2.20. The number of nitrogens with zero attached hydrogens (tertiary/aromatic N) is 5. The molecule has 40 heavy (non-hydrogen) atoms. The first-order chi connectivity index (χ1) is 19.1. The van der Waals surface area contributed by atoms with Gasteiger partial charge >= 0.3 is 17.1 Å². The zero-order valence-corrected chi connectivity index (χ0v) is 21.9. The number of imide groups is 2. The second-order valence-electron chi connectivity index (χ2n) is 9.23. The molecule has 0 bridgehead atoms. The van der Waals surface area contributed by atoms with Crippen LogP contribution in [0.25, 0.3) is 0 Å². The predicted molar refractivity (Wildman–Crippen MR) is 144 cm³/mol. The fourth-order valence-electron chi connectivity index (χ4n) is 4.86. The van der Waals surface area contributed by atoms with Crippen molar-refractivity contribution in [1.82, 2.24) is 13.7 Å². The maximum Gasteiger partial charge on any atom is 0.337 e. The summed E-state index contributed by atoms with van der Waals surface area (Å²) in [6.45, 7) is 1.12. The number of halogens is 1. The van der Waals surface area contributed by atoms with E-state index in [4.69, 9.17) is 11.6 Å². The van der Waals surface area contributed by atoms with E-state index >= 15 is 0 Å². The van der Waals surface area contributed by atoms with Gasteiger partial charge in [0.25, 0.3) is 11.8 Å². The molecule has 0 saturated carbocycles. The van der Waals surface area contributed by atoms with Crippen molar-refractivity contribution < 1.29 is 19.2 Å². The van der Waals surface area contributed by atoms with E-state index in [1.165, 1.54) is 37.3 Å². The van der Waals surface area contributed by atoms with Crippen molar-refractivity contribution in [3.8, 4) is 0 Å². The summed E-state index contributed by atoms with van der Waals surface area (Å²) >= 11 is 5.91. The Morgan fingerprint density at radius 3 is 1.48 bits per heavy atom. The number of anilines is 2. The van der Waals surface area contributed by atoms with Crippen LogP contribution in [0.3, 0.4) is 0 Å². The number of para-hydroxylation sites is 2. The van der Waals surface area contributed by atoms with Gasteiger partial charge < -0.3 is 0 Å². The molecule has 0 aliphatic carbocycles. The Hall–Kier alpha value is -4.84. The molecule has 12 nitrogen and oxygen atoms in total. The SMILES string of the molecule is C/C(Cl)=C/Cn1c(=O)n(C2CC(=O)N(c3ccccc3)C2=O)c(=O)n(C2CC(=O)N(c3ccccc3)C2=O)c1=O. The van der Waals surface area contributed by atoms with Crippen molar-refractivity contribution in [1.29, 1.82) is 0 Å². The lowest BCUT2D eigenvalue weighted by Crippen LogP contribution is -2.57. The normalized spacial score (nSPS) is 19.7. The molecule has 13 heteroatoms. The molecule has 1 aromatic heterocycles. The Kier molecular flexibility index (Phi) is 6.94. The van der Waals surface area contributed by atoms with Gasteiger partial charge in [0.2, 0.25) is 11.8 Å². The molecule has 0 spiro atoms. The van der Waals surface area contributed by atoms with Gasteiger partial charge in [0.1, 0.15) is 12.1 Å². The number of aromatic nitrogens is 3. The zero-order chi connectivity index (χ0) is 28.7. The van der Waals surface area contributed by atoms with E-state index in [9.17, 15) is 33.6 Å². The Balaban J connectivity index is 1.67. The average molecular weight is 564 g/mol. The molecule has 2 atom stereocenters. The van der Waals surface area contributed by atoms with Crippen LogP contribution in [0.5, 0.6) is 0 Å². The lowest BCUT2D eigenvalue weighted by atomic mass is 10.2. The van der Waals surface area contributed by atoms with Crippen molar-refractivity contribution >= 4 is 46.6 Å². The number of allylic oxidation sites excluding steroid dienone is 2. The molecule has 2 aromatic carbocycles. The highest BCUT2D eigenvalue weighted by Gasteiger charge is 2.46. The third-order valence-electron chi connectivity index (χ3n) is 6.74. The van der Waals surface area contributed by atoms with E-state index in [0.717, 1.165) is 9.80 Å². The molecular formula is C27H22ClN5O7. The van der Waals surface area contributed by atoms with Crippen molar-refractivity contribution in [3.05, 3.63) is 103 Å². The standard InChI is InChI=1S/C27H22ClN5O7/c1-16(28)12-13-29-25(38)32(19-14-21(34)30(23(19)36)17-8-4-2-5-9-17)27(40)33(26(29)39)20-15-22(35)31(24(20)37)18-10-6-3-7-11-18/h2-12,19-20H,13-15H2,1H3/b16-12-. The molecule has 5 rings (SSSR count). The van der Waals surface area contributed by atoms with Crippen LogP contribution in [0, 0.1) is 0 Å². The third kappa shape index (κ3) is 4.41. The molecule has 2 saturated heterocycles. The summed E-state index contributed by atoms with van der Waals surface area (Å²) in [5.41, 5.74) is -3.09. The highest BCUT2D eigenvalue weighted by Crippen LogP contribution is 2.30. The largest absolute Gasteiger partial charge is 0.337 e. The van der Waals surface area contributed by atoms with Crippen molar-refractivity contribution in [2.75, 3.05) is 9.80 Å². The van der Waals surface area contributed by atoms with Crippen molar-refractivity contribution in [2.24, 2.45) is 0 Å². The van der Waals surface area contributed by atoms with E-state index in [1.807, 2.05) is 0 Å². The van der Waals surface area contributed by atoms with Crippen LogP contribution in [0.1, 0.15) is 31.8 Å². The van der Waals surface area contributed by atoms with Gasteiger partial charge in [0, 0.05) is 5.03 Å². The fraction of sp³-hybridized carbons (Fsp3) is 0.222. The Labute approximate surface area is 230 Å². The van der Waals surface area contributed by atoms with Crippen LogP contribution < -0.4 is 26.9 Å². The summed E-state index contributed by atoms with van der Waals surface area (Å²) < 4.78 is 1.65. The molecule has 4 amide bonds. The smallest absolute Gasteiger partial charge is 0.274 e. The minimum atomic E-state index is -1.58. The van der Waals surface area contributed by atoms with Gasteiger partial charge in [-0.2, -0.15) is 0 Å². The minimum absolute atomic E-state index is 0.236. The summed E-state index contributed by atoms with van der Waals surface area (Å²) in [6.07, 6.45) is 0.275. The Bertz CT molecular complexity index is 1640. The Morgan fingerprint density at radius 1 is 0.700 bits per heavy atom. The fourth-order valence-corrected chi connectivity index (χ4v) is 4.93. The topological polar surface area (TPSA) is 141 Å². The van der Waals surface area contributed by atoms with Gasteiger partial charge in [-0.3, -0.25) is 19.2 Å². The van der Waals surface area contributed by atoms with Gasteiger partial charge in [0.15, 0.2) is 0 Å². The minimum Gasteiger partial charge on any atom is -0.274 e. The molecule has 3 heterocycles. The summed E-state index contributed by atoms with van der Waals surface area (Å²) in [5.74, 6) is -3.02. The summed E-state index contributed by atoms with van der Waals surface area (Å²) in [4.78, 5) is 95.1. The van der Waals surface area contributed by atoms with Crippen molar-refractivity contribution in [3.63, 3.8) is 0 Å². The Morgan fingerprint density at radius 2 is 1.10 bits per heavy atom. The summed E-state index contributed by atoms with van der Waals surface area (Å²) in [5, 5.41) is 0.236. The number of hydrogen-bond donors (Lipinski definition) is 0. The van der Waals surface area contributed by atoms with Crippen LogP contribution in [0.15, 0.2) is 86.2 Å². The zero-order valence-electron chi connectivity index (χ0n) is 21.1. The number of carbonyl (C=O) groups is 4. The van der Waals surface area contributed by atoms with Gasteiger partial charge in [-0.25, -0.2) is 37.9 Å². The first kappa shape index (κ1) is 26.8. The van der Waals surface area contributed by atoms with Crippen molar-refractivity contribution in [2.45, 2.75) is 38.4 Å². The highest BCUT2D eigenvalue weighted by molar-refractivity contribution is 6.29.